The Morgan fingerprint density at radius 3 is 2.46 bits per heavy atom. The average molecular weight is 421 g/mol. The smallest absolute Gasteiger partial charge is 0.244 e. The second kappa shape index (κ2) is 8.93. The third-order valence-electron chi connectivity index (χ3n) is 4.29. The van der Waals surface area contributed by atoms with Crippen LogP contribution in [0.4, 0.5) is 0 Å². The van der Waals surface area contributed by atoms with E-state index >= 15 is 0 Å². The maximum Gasteiger partial charge on any atom is 0.244 e. The Morgan fingerprint density at radius 1 is 1.07 bits per heavy atom. The van der Waals surface area contributed by atoms with Crippen molar-refractivity contribution in [3.8, 4) is 5.75 Å². The van der Waals surface area contributed by atoms with Crippen LogP contribution in [0.3, 0.4) is 0 Å². The highest BCUT2D eigenvalue weighted by atomic mass is 32.2. The Kier molecular flexibility index (Phi) is 6.58. The number of hydrogen-bond acceptors (Lipinski definition) is 6. The Morgan fingerprint density at radius 2 is 1.79 bits per heavy atom. The first-order valence-electron chi connectivity index (χ1n) is 9.13. The predicted octanol–water partition coefficient (Wildman–Crippen LogP) is 3.24. The first kappa shape index (κ1) is 20.6. The highest BCUT2D eigenvalue weighted by molar-refractivity contribution is 7.99. The Balaban J connectivity index is 1.71. The van der Waals surface area contributed by atoms with Crippen LogP contribution in [-0.2, 0) is 10.0 Å². The van der Waals surface area contributed by atoms with Gasteiger partial charge in [0.05, 0.1) is 11.5 Å². The minimum atomic E-state index is -3.53. The fourth-order valence-corrected chi connectivity index (χ4v) is 4.93. The molecule has 0 N–H and O–H groups in total. The lowest BCUT2D eigenvalue weighted by atomic mass is 10.2. The highest BCUT2D eigenvalue weighted by Crippen LogP contribution is 2.21. The fraction of sp³-hybridized carbons (Fsp3) is 0.368. The van der Waals surface area contributed by atoms with Crippen LogP contribution < -0.4 is 4.74 Å². The number of sulfonamides is 1. The Bertz CT molecular complexity index is 1030. The second-order valence-electron chi connectivity index (χ2n) is 6.17. The van der Waals surface area contributed by atoms with E-state index in [2.05, 4.69) is 10.2 Å². The van der Waals surface area contributed by atoms with E-state index < -0.39 is 10.0 Å². The number of benzene rings is 1. The molecule has 7 nitrogen and oxygen atoms in total. The molecular formula is C19H24N4O3S2. The summed E-state index contributed by atoms with van der Waals surface area (Å²) >= 11 is 1.47. The van der Waals surface area contributed by atoms with Crippen LogP contribution in [0, 0.1) is 6.92 Å². The molecule has 0 spiro atoms. The number of rotatable bonds is 9. The summed E-state index contributed by atoms with van der Waals surface area (Å²) in [6.45, 7) is 7.06. The van der Waals surface area contributed by atoms with Gasteiger partial charge in [0.25, 0.3) is 0 Å². The van der Waals surface area contributed by atoms with Gasteiger partial charge in [-0.05, 0) is 31.2 Å². The van der Waals surface area contributed by atoms with Gasteiger partial charge in [-0.25, -0.2) is 8.42 Å². The quantitative estimate of drug-likeness (QED) is 0.391. The van der Waals surface area contributed by atoms with E-state index in [1.54, 1.807) is 22.7 Å². The van der Waals surface area contributed by atoms with Crippen LogP contribution >= 0.6 is 11.8 Å². The molecule has 28 heavy (non-hydrogen) atoms. The van der Waals surface area contributed by atoms with Gasteiger partial charge in [0.2, 0.25) is 10.0 Å². The van der Waals surface area contributed by atoms with Crippen molar-refractivity contribution in [2.24, 2.45) is 0 Å². The summed E-state index contributed by atoms with van der Waals surface area (Å²) in [5, 5.41) is 8.93. The zero-order valence-electron chi connectivity index (χ0n) is 16.2. The number of aromatic nitrogens is 3. The molecule has 0 aliphatic heterocycles. The molecule has 9 heteroatoms. The van der Waals surface area contributed by atoms with Crippen LogP contribution in [0.25, 0.3) is 5.65 Å². The topological polar surface area (TPSA) is 76.8 Å². The average Bonchev–Trinajstić information content (AvgIpc) is 3.09. The summed E-state index contributed by atoms with van der Waals surface area (Å²) < 4.78 is 34.4. The molecule has 0 aliphatic carbocycles. The number of fused-ring (bicyclic) bond motifs is 1. The third kappa shape index (κ3) is 4.48. The van der Waals surface area contributed by atoms with Gasteiger partial charge in [-0.15, -0.1) is 10.2 Å². The van der Waals surface area contributed by atoms with Crippen molar-refractivity contribution < 1.29 is 13.2 Å². The van der Waals surface area contributed by atoms with E-state index in [9.17, 15) is 8.42 Å². The molecule has 2 heterocycles. The van der Waals surface area contributed by atoms with Gasteiger partial charge in [-0.1, -0.05) is 43.3 Å². The summed E-state index contributed by atoms with van der Waals surface area (Å²) in [5.41, 5.74) is 1.80. The molecule has 3 rings (SSSR count). The first-order chi connectivity index (χ1) is 13.5. The Hall–Kier alpha value is -2.10. The van der Waals surface area contributed by atoms with Crippen molar-refractivity contribution in [1.29, 1.82) is 0 Å². The van der Waals surface area contributed by atoms with E-state index in [1.807, 2.05) is 45.0 Å². The van der Waals surface area contributed by atoms with Crippen LogP contribution in [0.5, 0.6) is 5.75 Å². The zero-order valence-corrected chi connectivity index (χ0v) is 17.8. The molecule has 2 aromatic heterocycles. The van der Waals surface area contributed by atoms with Gasteiger partial charge < -0.3 is 4.74 Å². The molecule has 0 unspecified atom stereocenters. The van der Waals surface area contributed by atoms with E-state index in [-0.39, 0.29) is 4.90 Å². The first-order valence-corrected chi connectivity index (χ1v) is 11.6. The van der Waals surface area contributed by atoms with Crippen LogP contribution in [-0.4, -0.2) is 52.8 Å². The maximum atomic E-state index is 12.8. The van der Waals surface area contributed by atoms with Crippen LogP contribution in [0.15, 0.2) is 52.6 Å². The minimum absolute atomic E-state index is 0.237. The summed E-state index contributed by atoms with van der Waals surface area (Å²) in [5.74, 6) is 1.49. The number of ether oxygens (including phenoxy) is 1. The van der Waals surface area contributed by atoms with Crippen molar-refractivity contribution in [1.82, 2.24) is 18.9 Å². The monoisotopic (exact) mass is 420 g/mol. The molecule has 0 radical (unpaired) electrons. The maximum absolute atomic E-state index is 12.8. The summed E-state index contributed by atoms with van der Waals surface area (Å²) in [7, 11) is -3.53. The molecule has 0 bridgehead atoms. The van der Waals surface area contributed by atoms with E-state index in [1.165, 1.54) is 21.6 Å². The number of pyridine rings is 1. The fourth-order valence-electron chi connectivity index (χ4n) is 2.74. The molecule has 0 fully saturated rings. The van der Waals surface area contributed by atoms with Gasteiger partial charge in [0, 0.05) is 25.0 Å². The lowest BCUT2D eigenvalue weighted by Gasteiger charge is -2.18. The number of hydrogen-bond donors (Lipinski definition) is 0. The van der Waals surface area contributed by atoms with Gasteiger partial charge in [0.1, 0.15) is 5.75 Å². The second-order valence-corrected chi connectivity index (χ2v) is 9.17. The zero-order chi connectivity index (χ0) is 20.1. The van der Waals surface area contributed by atoms with E-state index in [4.69, 9.17) is 4.74 Å². The van der Waals surface area contributed by atoms with Crippen molar-refractivity contribution >= 4 is 27.4 Å². The molecule has 0 amide bonds. The SMILES string of the molecule is CCN(CC)S(=O)(=O)c1ccc2nnc(SCCOc3ccc(C)cc3)n2c1. The standard InChI is InChI=1S/C19H24N4O3S2/c1-4-22(5-2)28(24,25)17-10-11-18-20-21-19(23(18)14-17)27-13-12-26-16-8-6-15(3)7-9-16/h6-11,14H,4-5,12-13H2,1-3H3. The van der Waals surface area contributed by atoms with Gasteiger partial charge in [-0.2, -0.15) is 4.31 Å². The van der Waals surface area contributed by atoms with Crippen molar-refractivity contribution in [3.63, 3.8) is 0 Å². The molecule has 0 saturated carbocycles. The van der Waals surface area contributed by atoms with Crippen molar-refractivity contribution in [3.05, 3.63) is 48.2 Å². The van der Waals surface area contributed by atoms with Crippen LogP contribution in [0.1, 0.15) is 19.4 Å². The van der Waals surface area contributed by atoms with Gasteiger partial charge >= 0.3 is 0 Å². The van der Waals surface area contributed by atoms with Crippen LogP contribution in [0.2, 0.25) is 0 Å². The number of aryl methyl sites for hydroxylation is 1. The Labute approximate surface area is 169 Å². The molecular weight excluding hydrogens is 396 g/mol. The predicted molar refractivity (Wildman–Crippen MR) is 110 cm³/mol. The molecule has 150 valence electrons. The summed E-state index contributed by atoms with van der Waals surface area (Å²) in [6, 6.07) is 11.1. The largest absolute Gasteiger partial charge is 0.493 e. The molecule has 3 aromatic rings. The summed E-state index contributed by atoms with van der Waals surface area (Å²) in [4.78, 5) is 0.237. The highest BCUT2D eigenvalue weighted by Gasteiger charge is 2.22. The number of nitrogens with zero attached hydrogens (tertiary/aromatic N) is 4. The van der Waals surface area contributed by atoms with Gasteiger partial charge in [0.15, 0.2) is 10.8 Å². The molecule has 0 atom stereocenters. The normalized spacial score (nSPS) is 12.0. The molecule has 1 aromatic carbocycles. The summed E-state index contributed by atoms with van der Waals surface area (Å²) in [6.07, 6.45) is 1.59. The van der Waals surface area contributed by atoms with Crippen molar-refractivity contribution in [2.45, 2.75) is 30.8 Å². The molecule has 0 aliphatic rings. The lowest BCUT2D eigenvalue weighted by molar-refractivity contribution is 0.344. The third-order valence-corrected chi connectivity index (χ3v) is 7.23. The lowest BCUT2D eigenvalue weighted by Crippen LogP contribution is -2.30. The minimum Gasteiger partial charge on any atom is -0.493 e. The number of thioether (sulfide) groups is 1. The van der Waals surface area contributed by atoms with Gasteiger partial charge in [-0.3, -0.25) is 4.40 Å². The van der Waals surface area contributed by atoms with E-state index in [0.29, 0.717) is 36.3 Å². The van der Waals surface area contributed by atoms with E-state index in [0.717, 1.165) is 5.75 Å². The molecule has 0 saturated heterocycles. The van der Waals surface area contributed by atoms with Crippen molar-refractivity contribution in [2.75, 3.05) is 25.4 Å².